The molecule has 0 saturated carbocycles. The van der Waals surface area contributed by atoms with E-state index in [9.17, 15) is 4.79 Å². The maximum absolute atomic E-state index is 12.4. The molecule has 0 spiro atoms. The predicted octanol–water partition coefficient (Wildman–Crippen LogP) is 4.26. The molecule has 2 aromatic carbocycles. The number of nitrogens with one attached hydrogen (secondary N) is 1. The molecule has 0 fully saturated rings. The van der Waals surface area contributed by atoms with Crippen molar-refractivity contribution >= 4 is 17.7 Å². The number of benzene rings is 2. The second kappa shape index (κ2) is 8.14. The molecule has 0 unspecified atom stereocenters. The minimum absolute atomic E-state index is 0.163. The third kappa shape index (κ3) is 3.85. The van der Waals surface area contributed by atoms with E-state index in [1.54, 1.807) is 6.08 Å². The van der Waals surface area contributed by atoms with E-state index in [2.05, 4.69) is 26.1 Å². The summed E-state index contributed by atoms with van der Waals surface area (Å²) in [5, 5.41) is 11.7. The molecular weight excluding hydrogens is 376 g/mol. The first-order valence-electron chi connectivity index (χ1n) is 10.5. The monoisotopic (exact) mass is 400 g/mol. The van der Waals surface area contributed by atoms with E-state index < -0.39 is 0 Å². The first kappa shape index (κ1) is 18.6. The summed E-state index contributed by atoms with van der Waals surface area (Å²) in [5.74, 6) is 2.71. The predicted molar refractivity (Wildman–Crippen MR) is 116 cm³/mol. The minimum Gasteiger partial charge on any atom is -0.493 e. The van der Waals surface area contributed by atoms with Crippen LogP contribution >= 0.6 is 0 Å². The Kier molecular flexibility index (Phi) is 5.05. The standard InChI is InChI=1S/C24H24N4O2/c29-23(11-9-17-8-10-21-18(15-17)12-14-30-21)25-20-6-4-5-19(16-20)24-27-26-22-7-2-1-3-13-28(22)24/h4-6,8-11,15-16H,1-3,7,12-14H2,(H,25,29)/b11-9+. The van der Waals surface area contributed by atoms with E-state index in [4.69, 9.17) is 4.74 Å². The van der Waals surface area contributed by atoms with Gasteiger partial charge < -0.3 is 14.6 Å². The fourth-order valence-corrected chi connectivity index (χ4v) is 4.10. The van der Waals surface area contributed by atoms with Crippen LogP contribution in [0.3, 0.4) is 0 Å². The van der Waals surface area contributed by atoms with Crippen molar-refractivity contribution < 1.29 is 9.53 Å². The summed E-state index contributed by atoms with van der Waals surface area (Å²) in [5.41, 5.74) is 3.90. The normalized spacial score (nSPS) is 15.3. The highest BCUT2D eigenvalue weighted by atomic mass is 16.5. The molecule has 0 radical (unpaired) electrons. The minimum atomic E-state index is -0.163. The Bertz CT molecular complexity index is 1120. The van der Waals surface area contributed by atoms with Gasteiger partial charge in [0.15, 0.2) is 5.82 Å². The Morgan fingerprint density at radius 2 is 2.03 bits per heavy atom. The van der Waals surface area contributed by atoms with Crippen molar-refractivity contribution in [3.63, 3.8) is 0 Å². The molecule has 0 aliphatic carbocycles. The van der Waals surface area contributed by atoms with Crippen LogP contribution in [0, 0.1) is 0 Å². The molecule has 5 rings (SSSR count). The van der Waals surface area contributed by atoms with Crippen molar-refractivity contribution in [3.8, 4) is 17.1 Å². The maximum atomic E-state index is 12.4. The van der Waals surface area contributed by atoms with Gasteiger partial charge in [-0.05, 0) is 54.3 Å². The highest BCUT2D eigenvalue weighted by Gasteiger charge is 2.16. The summed E-state index contributed by atoms with van der Waals surface area (Å²) in [6, 6.07) is 13.8. The zero-order valence-electron chi connectivity index (χ0n) is 16.8. The lowest BCUT2D eigenvalue weighted by Gasteiger charge is -2.09. The largest absolute Gasteiger partial charge is 0.493 e. The second-order valence-corrected chi connectivity index (χ2v) is 7.77. The number of fused-ring (bicyclic) bond motifs is 2. The molecule has 0 saturated heterocycles. The van der Waals surface area contributed by atoms with E-state index in [1.165, 1.54) is 12.0 Å². The number of aryl methyl sites for hydroxylation is 1. The quantitative estimate of drug-likeness (QED) is 0.665. The van der Waals surface area contributed by atoms with Gasteiger partial charge in [-0.15, -0.1) is 10.2 Å². The number of ether oxygens (including phenoxy) is 1. The number of hydrogen-bond donors (Lipinski definition) is 1. The highest BCUT2D eigenvalue weighted by Crippen LogP contribution is 2.27. The summed E-state index contributed by atoms with van der Waals surface area (Å²) < 4.78 is 7.74. The molecule has 6 nitrogen and oxygen atoms in total. The van der Waals surface area contributed by atoms with Crippen LogP contribution in [0.4, 0.5) is 5.69 Å². The van der Waals surface area contributed by atoms with Crippen molar-refractivity contribution in [3.05, 3.63) is 65.5 Å². The Morgan fingerprint density at radius 3 is 3.00 bits per heavy atom. The lowest BCUT2D eigenvalue weighted by molar-refractivity contribution is -0.111. The molecule has 6 heteroatoms. The molecule has 1 aromatic heterocycles. The summed E-state index contributed by atoms with van der Waals surface area (Å²) in [6.07, 6.45) is 8.82. The number of aromatic nitrogens is 3. The van der Waals surface area contributed by atoms with Gasteiger partial charge in [-0.1, -0.05) is 24.6 Å². The van der Waals surface area contributed by atoms with Gasteiger partial charge >= 0.3 is 0 Å². The number of carbonyl (C=O) groups excluding carboxylic acids is 1. The van der Waals surface area contributed by atoms with E-state index in [0.29, 0.717) is 0 Å². The fourth-order valence-electron chi connectivity index (χ4n) is 4.10. The molecule has 1 amide bonds. The van der Waals surface area contributed by atoms with Gasteiger partial charge in [-0.25, -0.2) is 0 Å². The molecule has 3 heterocycles. The fraction of sp³-hybridized carbons (Fsp3) is 0.292. The van der Waals surface area contributed by atoms with Crippen LogP contribution in [0.2, 0.25) is 0 Å². The van der Waals surface area contributed by atoms with Crippen LogP contribution in [-0.2, 0) is 24.2 Å². The van der Waals surface area contributed by atoms with Gasteiger partial charge in [0.2, 0.25) is 5.91 Å². The van der Waals surface area contributed by atoms with Crippen molar-refractivity contribution in [2.75, 3.05) is 11.9 Å². The van der Waals surface area contributed by atoms with Crippen LogP contribution in [0.15, 0.2) is 48.5 Å². The lowest BCUT2D eigenvalue weighted by Crippen LogP contribution is -2.08. The Balaban J connectivity index is 1.30. The summed E-state index contributed by atoms with van der Waals surface area (Å²) >= 11 is 0. The number of hydrogen-bond acceptors (Lipinski definition) is 4. The molecule has 1 N–H and O–H groups in total. The van der Waals surface area contributed by atoms with Crippen LogP contribution in [0.25, 0.3) is 17.5 Å². The van der Waals surface area contributed by atoms with Crippen LogP contribution in [0.1, 0.15) is 36.2 Å². The maximum Gasteiger partial charge on any atom is 0.248 e. The zero-order chi connectivity index (χ0) is 20.3. The molecule has 2 aliphatic heterocycles. The second-order valence-electron chi connectivity index (χ2n) is 7.77. The number of carbonyl (C=O) groups is 1. The van der Waals surface area contributed by atoms with Gasteiger partial charge in [-0.2, -0.15) is 0 Å². The molecule has 2 aliphatic rings. The zero-order valence-corrected chi connectivity index (χ0v) is 16.8. The van der Waals surface area contributed by atoms with E-state index >= 15 is 0 Å². The van der Waals surface area contributed by atoms with Gasteiger partial charge in [0.25, 0.3) is 0 Å². The van der Waals surface area contributed by atoms with Crippen molar-refractivity contribution in [1.29, 1.82) is 0 Å². The van der Waals surface area contributed by atoms with E-state index in [-0.39, 0.29) is 5.91 Å². The highest BCUT2D eigenvalue weighted by molar-refractivity contribution is 6.02. The Hall–Kier alpha value is -3.41. The number of amides is 1. The van der Waals surface area contributed by atoms with Gasteiger partial charge in [0.1, 0.15) is 11.6 Å². The van der Waals surface area contributed by atoms with Gasteiger partial charge in [-0.3, -0.25) is 4.79 Å². The van der Waals surface area contributed by atoms with E-state index in [0.717, 1.165) is 73.0 Å². The lowest BCUT2D eigenvalue weighted by atomic mass is 10.1. The number of nitrogens with zero attached hydrogens (tertiary/aromatic N) is 3. The van der Waals surface area contributed by atoms with E-state index in [1.807, 2.05) is 42.5 Å². The van der Waals surface area contributed by atoms with Crippen LogP contribution in [-0.4, -0.2) is 27.3 Å². The van der Waals surface area contributed by atoms with Crippen LogP contribution < -0.4 is 10.1 Å². The molecule has 0 bridgehead atoms. The summed E-state index contributed by atoms with van der Waals surface area (Å²) in [6.45, 7) is 1.68. The Labute approximate surface area is 175 Å². The average Bonchev–Trinajstić information content (AvgIpc) is 3.33. The molecule has 30 heavy (non-hydrogen) atoms. The van der Waals surface area contributed by atoms with Gasteiger partial charge in [0, 0.05) is 36.7 Å². The molecule has 152 valence electrons. The number of rotatable bonds is 4. The summed E-state index contributed by atoms with van der Waals surface area (Å²) in [7, 11) is 0. The van der Waals surface area contributed by atoms with Crippen molar-refractivity contribution in [1.82, 2.24) is 14.8 Å². The average molecular weight is 400 g/mol. The Morgan fingerprint density at radius 1 is 1.07 bits per heavy atom. The van der Waals surface area contributed by atoms with Crippen molar-refractivity contribution in [2.45, 2.75) is 38.6 Å². The third-order valence-electron chi connectivity index (χ3n) is 5.64. The molecular formula is C24H24N4O2. The van der Waals surface area contributed by atoms with Gasteiger partial charge in [0.05, 0.1) is 6.61 Å². The topological polar surface area (TPSA) is 69.0 Å². The first-order chi connectivity index (χ1) is 14.8. The molecule has 0 atom stereocenters. The molecule has 3 aromatic rings. The first-order valence-corrected chi connectivity index (χ1v) is 10.5. The SMILES string of the molecule is O=C(/C=C/c1ccc2c(c1)CCO2)Nc1cccc(-c2nnc3n2CCCCC3)c1. The smallest absolute Gasteiger partial charge is 0.248 e. The van der Waals surface area contributed by atoms with Crippen LogP contribution in [0.5, 0.6) is 5.75 Å². The van der Waals surface area contributed by atoms with Crippen molar-refractivity contribution in [2.24, 2.45) is 0 Å². The third-order valence-corrected chi connectivity index (χ3v) is 5.64. The number of anilines is 1. The summed E-state index contributed by atoms with van der Waals surface area (Å²) in [4.78, 5) is 12.4.